The lowest BCUT2D eigenvalue weighted by molar-refractivity contribution is 0.127. The van der Waals surface area contributed by atoms with Gasteiger partial charge >= 0.3 is 0 Å². The Hall–Kier alpha value is -1.66. The lowest BCUT2D eigenvalue weighted by Gasteiger charge is -2.27. The maximum atomic E-state index is 9.30. The monoisotopic (exact) mass is 320 g/mol. The number of nitrogens with one attached hydrogen (secondary N) is 2. The molecule has 0 amide bonds. The number of rotatable bonds is 7. The number of guanidine groups is 1. The van der Waals surface area contributed by atoms with Gasteiger partial charge in [0.15, 0.2) is 5.96 Å². The molecule has 6 heteroatoms. The van der Waals surface area contributed by atoms with Crippen LogP contribution in [0.2, 0.25) is 0 Å². The van der Waals surface area contributed by atoms with E-state index in [1.807, 2.05) is 32.0 Å². The molecule has 2 heterocycles. The van der Waals surface area contributed by atoms with Crippen LogP contribution in [-0.4, -0.2) is 49.0 Å². The number of aliphatic imine (C=N–C) groups is 1. The number of hydrogen-bond acceptors (Lipinski definition) is 4. The molecule has 0 bridgehead atoms. The van der Waals surface area contributed by atoms with Crippen LogP contribution in [0, 0.1) is 12.3 Å². The normalized spacial score (nSPS) is 21.4. The summed E-state index contributed by atoms with van der Waals surface area (Å²) < 4.78 is 5.53. The van der Waals surface area contributed by atoms with E-state index in [1.54, 1.807) is 0 Å². The van der Waals surface area contributed by atoms with Crippen molar-refractivity contribution in [2.45, 2.75) is 33.2 Å². The molecule has 0 aliphatic carbocycles. The Balaban J connectivity index is 1.96. The Labute approximate surface area is 138 Å². The van der Waals surface area contributed by atoms with Gasteiger partial charge in [-0.2, -0.15) is 0 Å². The highest BCUT2D eigenvalue weighted by atomic mass is 16.5. The van der Waals surface area contributed by atoms with Gasteiger partial charge in [0.2, 0.25) is 0 Å². The highest BCUT2D eigenvalue weighted by Gasteiger charge is 2.34. The Kier molecular flexibility index (Phi) is 6.80. The van der Waals surface area contributed by atoms with Gasteiger partial charge < -0.3 is 20.5 Å². The highest BCUT2D eigenvalue weighted by molar-refractivity contribution is 5.79. The first-order valence-corrected chi connectivity index (χ1v) is 8.31. The Morgan fingerprint density at radius 3 is 2.96 bits per heavy atom. The molecule has 1 fully saturated rings. The first-order valence-electron chi connectivity index (χ1n) is 8.31. The molecule has 1 aliphatic rings. The van der Waals surface area contributed by atoms with Crippen molar-refractivity contribution in [3.05, 3.63) is 29.6 Å². The smallest absolute Gasteiger partial charge is 0.191 e. The molecule has 1 saturated heterocycles. The van der Waals surface area contributed by atoms with Crippen LogP contribution < -0.4 is 10.6 Å². The molecule has 1 unspecified atom stereocenters. The molecule has 1 aromatic rings. The number of aromatic nitrogens is 1. The number of nitrogens with zero attached hydrogens (tertiary/aromatic N) is 2. The Morgan fingerprint density at radius 1 is 1.43 bits per heavy atom. The second-order valence-corrected chi connectivity index (χ2v) is 6.10. The van der Waals surface area contributed by atoms with Gasteiger partial charge in [0, 0.05) is 37.4 Å². The maximum Gasteiger partial charge on any atom is 0.191 e. The molecule has 1 aliphatic heterocycles. The largest absolute Gasteiger partial charge is 0.396 e. The lowest BCUT2D eigenvalue weighted by atomic mass is 9.84. The first-order chi connectivity index (χ1) is 11.2. The first kappa shape index (κ1) is 17.7. The van der Waals surface area contributed by atoms with Crippen molar-refractivity contribution in [2.75, 3.05) is 32.9 Å². The second-order valence-electron chi connectivity index (χ2n) is 6.10. The molecule has 0 aromatic carbocycles. The Morgan fingerprint density at radius 2 is 2.30 bits per heavy atom. The number of aliphatic hydroxyl groups excluding tert-OH is 1. The number of hydrogen-bond donors (Lipinski definition) is 3. The van der Waals surface area contributed by atoms with E-state index in [0.29, 0.717) is 13.2 Å². The van der Waals surface area contributed by atoms with Crippen LogP contribution in [0.25, 0.3) is 0 Å². The lowest BCUT2D eigenvalue weighted by Crippen LogP contribution is -2.44. The van der Waals surface area contributed by atoms with Crippen molar-refractivity contribution < 1.29 is 9.84 Å². The number of pyridine rings is 1. The van der Waals surface area contributed by atoms with Crippen LogP contribution in [-0.2, 0) is 11.3 Å². The predicted octanol–water partition coefficient (Wildman–Crippen LogP) is 1.23. The van der Waals surface area contributed by atoms with Gasteiger partial charge in [-0.05, 0) is 38.8 Å². The third-order valence-electron chi connectivity index (χ3n) is 4.15. The van der Waals surface area contributed by atoms with Gasteiger partial charge in [-0.3, -0.25) is 4.98 Å². The van der Waals surface area contributed by atoms with Crippen molar-refractivity contribution in [2.24, 2.45) is 10.4 Å². The summed E-state index contributed by atoms with van der Waals surface area (Å²) in [7, 11) is 0. The average Bonchev–Trinajstić information content (AvgIpc) is 2.99. The topological polar surface area (TPSA) is 78.8 Å². The van der Waals surface area contributed by atoms with Gasteiger partial charge in [-0.15, -0.1) is 0 Å². The summed E-state index contributed by atoms with van der Waals surface area (Å²) in [6.07, 6.45) is 1.72. The molecule has 0 saturated carbocycles. The van der Waals surface area contributed by atoms with Gasteiger partial charge in [-0.25, -0.2) is 4.99 Å². The van der Waals surface area contributed by atoms with Crippen LogP contribution in [0.15, 0.2) is 23.2 Å². The maximum absolute atomic E-state index is 9.30. The summed E-state index contributed by atoms with van der Waals surface area (Å²) in [4.78, 5) is 9.08. The van der Waals surface area contributed by atoms with E-state index in [9.17, 15) is 5.11 Å². The number of ether oxygens (including phenoxy) is 1. The summed E-state index contributed by atoms with van der Waals surface area (Å²) in [6.45, 7) is 7.77. The van der Waals surface area contributed by atoms with Gasteiger partial charge in [-0.1, -0.05) is 6.07 Å². The summed E-state index contributed by atoms with van der Waals surface area (Å²) in [5, 5.41) is 16.0. The minimum atomic E-state index is 0.00647. The summed E-state index contributed by atoms with van der Waals surface area (Å²) in [6, 6.07) is 5.97. The zero-order valence-electron chi connectivity index (χ0n) is 14.1. The molecule has 2 rings (SSSR count). The van der Waals surface area contributed by atoms with Crippen LogP contribution in [0.3, 0.4) is 0 Å². The zero-order valence-corrected chi connectivity index (χ0v) is 14.1. The number of aliphatic hydroxyl groups is 1. The fourth-order valence-electron chi connectivity index (χ4n) is 2.77. The SMILES string of the molecule is CCNC(=NCc1cccc(C)n1)NCC1(CCO)CCOC1. The van der Waals surface area contributed by atoms with E-state index in [0.717, 1.165) is 49.9 Å². The molecule has 23 heavy (non-hydrogen) atoms. The molecule has 1 atom stereocenters. The molecule has 3 N–H and O–H groups in total. The van der Waals surface area contributed by atoms with E-state index < -0.39 is 0 Å². The van der Waals surface area contributed by atoms with Crippen LogP contribution >= 0.6 is 0 Å². The van der Waals surface area contributed by atoms with Crippen molar-refractivity contribution in [1.29, 1.82) is 0 Å². The summed E-state index contributed by atoms with van der Waals surface area (Å²) in [5.74, 6) is 0.778. The second kappa shape index (κ2) is 8.84. The van der Waals surface area contributed by atoms with Crippen molar-refractivity contribution in [1.82, 2.24) is 15.6 Å². The van der Waals surface area contributed by atoms with E-state index in [1.165, 1.54) is 0 Å². The highest BCUT2D eigenvalue weighted by Crippen LogP contribution is 2.31. The minimum absolute atomic E-state index is 0.00647. The molecule has 0 spiro atoms. The van der Waals surface area contributed by atoms with E-state index in [-0.39, 0.29) is 12.0 Å². The van der Waals surface area contributed by atoms with Gasteiger partial charge in [0.1, 0.15) is 0 Å². The third-order valence-corrected chi connectivity index (χ3v) is 4.15. The molecule has 1 aromatic heterocycles. The van der Waals surface area contributed by atoms with E-state index >= 15 is 0 Å². The molecule has 6 nitrogen and oxygen atoms in total. The van der Waals surface area contributed by atoms with Crippen molar-refractivity contribution in [3.63, 3.8) is 0 Å². The van der Waals surface area contributed by atoms with E-state index in [2.05, 4.69) is 20.6 Å². The fraction of sp³-hybridized carbons (Fsp3) is 0.647. The Bertz CT molecular complexity index is 513. The molecule has 0 radical (unpaired) electrons. The summed E-state index contributed by atoms with van der Waals surface area (Å²) in [5.41, 5.74) is 1.96. The third kappa shape index (κ3) is 5.48. The van der Waals surface area contributed by atoms with Crippen LogP contribution in [0.5, 0.6) is 0 Å². The molecular formula is C17H28N4O2. The fourth-order valence-corrected chi connectivity index (χ4v) is 2.77. The van der Waals surface area contributed by atoms with Crippen molar-refractivity contribution in [3.8, 4) is 0 Å². The minimum Gasteiger partial charge on any atom is -0.396 e. The zero-order chi connectivity index (χ0) is 16.5. The average molecular weight is 320 g/mol. The summed E-state index contributed by atoms with van der Waals surface area (Å²) >= 11 is 0. The quantitative estimate of drug-likeness (QED) is 0.520. The molecule has 128 valence electrons. The standard InChI is InChI=1S/C17H28N4O2/c1-3-18-16(19-11-15-6-4-5-14(2)21-15)20-12-17(7-9-22)8-10-23-13-17/h4-6,22H,3,7-13H2,1-2H3,(H2,18,19,20). The number of aryl methyl sites for hydroxylation is 1. The van der Waals surface area contributed by atoms with E-state index in [4.69, 9.17) is 4.74 Å². The van der Waals surface area contributed by atoms with Crippen LogP contribution in [0.1, 0.15) is 31.2 Å². The van der Waals surface area contributed by atoms with Crippen molar-refractivity contribution >= 4 is 5.96 Å². The molecular weight excluding hydrogens is 292 g/mol. The van der Waals surface area contributed by atoms with Gasteiger partial charge in [0.05, 0.1) is 18.8 Å². The predicted molar refractivity (Wildman–Crippen MR) is 91.4 cm³/mol. The van der Waals surface area contributed by atoms with Crippen LogP contribution in [0.4, 0.5) is 0 Å². The van der Waals surface area contributed by atoms with Gasteiger partial charge in [0.25, 0.3) is 0 Å².